The number of carbonyl (C=O) groups is 6. The SMILES string of the molecule is CC(=O)OCC(CNC(=O)c1c(I)c(/N=C2\CCC(CI)O2)c(I)c(C(=O)NCC(COC(C)=O)OC(C)=O)c1I)OC(C)=O. The van der Waals surface area contributed by atoms with Crippen LogP contribution >= 0.6 is 90.4 Å². The number of hydrogen-bond donors (Lipinski definition) is 2. The molecule has 3 unspecified atom stereocenters. The molecule has 1 heterocycles. The molecule has 18 heteroatoms. The number of rotatable bonds is 14. The first-order valence-corrected chi connectivity index (χ1v) is 18.1. The maximum atomic E-state index is 13.6. The van der Waals surface area contributed by atoms with E-state index in [1.807, 2.05) is 67.8 Å². The van der Waals surface area contributed by atoms with Crippen LogP contribution in [0.15, 0.2) is 4.99 Å². The molecule has 0 aromatic heterocycles. The van der Waals surface area contributed by atoms with Gasteiger partial charge in [0.25, 0.3) is 11.8 Å². The first-order valence-electron chi connectivity index (χ1n) is 13.3. The van der Waals surface area contributed by atoms with Crippen LogP contribution < -0.4 is 10.6 Å². The number of hydrogen-bond acceptors (Lipinski definition) is 12. The lowest BCUT2D eigenvalue weighted by Crippen LogP contribution is -2.39. The van der Waals surface area contributed by atoms with E-state index in [-0.39, 0.29) is 43.5 Å². The van der Waals surface area contributed by atoms with E-state index in [2.05, 4.69) is 33.2 Å². The summed E-state index contributed by atoms with van der Waals surface area (Å²) in [5, 5.41) is 5.39. The number of ether oxygens (including phenoxy) is 5. The van der Waals surface area contributed by atoms with Crippen LogP contribution in [0.25, 0.3) is 0 Å². The smallest absolute Gasteiger partial charge is 0.303 e. The minimum Gasteiger partial charge on any atom is -0.477 e. The first kappa shape index (κ1) is 39.6. The molecule has 2 amide bonds. The number of nitrogens with zero attached hydrogens (tertiary/aromatic N) is 1. The van der Waals surface area contributed by atoms with E-state index in [1.165, 1.54) is 27.7 Å². The molecule has 1 fully saturated rings. The van der Waals surface area contributed by atoms with E-state index in [0.717, 1.165) is 10.8 Å². The fourth-order valence-corrected chi connectivity index (χ4v) is 8.81. The van der Waals surface area contributed by atoms with Gasteiger partial charge >= 0.3 is 23.9 Å². The van der Waals surface area contributed by atoms with Gasteiger partial charge in [0.2, 0.25) is 0 Å². The van der Waals surface area contributed by atoms with Gasteiger partial charge in [-0.25, -0.2) is 4.99 Å². The summed E-state index contributed by atoms with van der Waals surface area (Å²) in [6.45, 7) is 3.88. The molecule has 0 spiro atoms. The maximum Gasteiger partial charge on any atom is 0.303 e. The molecule has 1 aromatic rings. The van der Waals surface area contributed by atoms with Crippen molar-refractivity contribution < 1.29 is 52.5 Å². The summed E-state index contributed by atoms with van der Waals surface area (Å²) in [4.78, 5) is 77.7. The van der Waals surface area contributed by atoms with Gasteiger partial charge in [0.15, 0.2) is 18.1 Å². The lowest BCUT2D eigenvalue weighted by Gasteiger charge is -2.21. The largest absolute Gasteiger partial charge is 0.477 e. The second-order valence-corrected chi connectivity index (χ2v) is 13.6. The van der Waals surface area contributed by atoms with Crippen molar-refractivity contribution in [3.63, 3.8) is 0 Å². The van der Waals surface area contributed by atoms with E-state index in [1.54, 1.807) is 0 Å². The van der Waals surface area contributed by atoms with E-state index in [9.17, 15) is 28.8 Å². The molecule has 1 aromatic carbocycles. The standard InChI is InChI=1S/C27H31I4N3O11/c1-12(35)41-10-17(43-14(3)37)8-32-26(39)20-22(29)21(27(40)33-9-18(44-15(4)38)11-42-13(2)36)24(31)25(23(20)30)34-19-6-5-16(7-28)45-19/h16-18H,5-11H2,1-4H3,(H,32,39)(H,33,40)/b34-19+. The molecule has 1 saturated heterocycles. The molecular weight excluding hydrogens is 1050 g/mol. The number of benzene rings is 1. The summed E-state index contributed by atoms with van der Waals surface area (Å²) in [5.41, 5.74) is 0.619. The highest BCUT2D eigenvalue weighted by molar-refractivity contribution is 14.1. The molecule has 1 aliphatic rings. The number of esters is 4. The van der Waals surface area contributed by atoms with Gasteiger partial charge in [-0.2, -0.15) is 0 Å². The van der Waals surface area contributed by atoms with Crippen LogP contribution in [0.1, 0.15) is 61.3 Å². The van der Waals surface area contributed by atoms with E-state index >= 15 is 0 Å². The summed E-state index contributed by atoms with van der Waals surface area (Å²) in [6.07, 6.45) is -0.552. The quantitative estimate of drug-likeness (QED) is 0.120. The minimum atomic E-state index is -0.954. The molecule has 1 aliphatic heterocycles. The lowest BCUT2D eigenvalue weighted by atomic mass is 10.1. The average molecular weight is 1080 g/mol. The molecule has 0 aliphatic carbocycles. The second kappa shape index (κ2) is 19.3. The van der Waals surface area contributed by atoms with Gasteiger partial charge in [-0.1, -0.05) is 22.6 Å². The van der Waals surface area contributed by atoms with E-state index in [4.69, 9.17) is 28.7 Å². The van der Waals surface area contributed by atoms with Gasteiger partial charge in [0.1, 0.15) is 19.3 Å². The van der Waals surface area contributed by atoms with Crippen LogP contribution in [-0.4, -0.2) is 90.6 Å². The Morgan fingerprint density at radius 2 is 1.22 bits per heavy atom. The van der Waals surface area contributed by atoms with Crippen molar-refractivity contribution >= 4 is 138 Å². The Bertz CT molecular complexity index is 1270. The number of nitrogens with one attached hydrogen (secondary N) is 2. The van der Waals surface area contributed by atoms with Crippen molar-refractivity contribution in [2.75, 3.05) is 30.7 Å². The van der Waals surface area contributed by atoms with Crippen molar-refractivity contribution in [3.05, 3.63) is 21.8 Å². The van der Waals surface area contributed by atoms with Crippen LogP contribution in [-0.2, 0) is 42.9 Å². The third-order valence-corrected chi connectivity index (χ3v) is 9.89. The highest BCUT2D eigenvalue weighted by atomic mass is 127. The van der Waals surface area contributed by atoms with Crippen LogP contribution in [0.2, 0.25) is 0 Å². The summed E-state index contributed by atoms with van der Waals surface area (Å²) < 4.78 is 28.1. The third-order valence-electron chi connectivity index (χ3n) is 5.73. The molecule has 14 nitrogen and oxygen atoms in total. The number of alkyl halides is 1. The monoisotopic (exact) mass is 1080 g/mol. The minimum absolute atomic E-state index is 0.0000737. The highest BCUT2D eigenvalue weighted by Gasteiger charge is 2.30. The van der Waals surface area contributed by atoms with Gasteiger partial charge in [-0.05, 0) is 74.2 Å². The normalized spacial score (nSPS) is 16.2. The number of aliphatic imine (C=N–C) groups is 1. The van der Waals surface area contributed by atoms with Crippen LogP contribution in [0.4, 0.5) is 5.69 Å². The van der Waals surface area contributed by atoms with Crippen LogP contribution in [0, 0.1) is 10.7 Å². The Morgan fingerprint density at radius 3 is 1.58 bits per heavy atom. The van der Waals surface area contributed by atoms with Crippen molar-refractivity contribution in [1.29, 1.82) is 0 Å². The molecule has 2 N–H and O–H groups in total. The second-order valence-electron chi connectivity index (χ2n) is 9.47. The molecule has 45 heavy (non-hydrogen) atoms. The number of carbonyl (C=O) groups excluding carboxylic acids is 6. The molecular formula is C27H31I4N3O11. The zero-order chi connectivity index (χ0) is 33.8. The zero-order valence-electron chi connectivity index (χ0n) is 24.6. The van der Waals surface area contributed by atoms with E-state index in [0.29, 0.717) is 28.7 Å². The Kier molecular flexibility index (Phi) is 17.0. The van der Waals surface area contributed by atoms with Crippen molar-refractivity contribution in [3.8, 4) is 0 Å². The fraction of sp³-hybridized carbons (Fsp3) is 0.519. The summed E-state index contributed by atoms with van der Waals surface area (Å²) >= 11 is 8.10. The first-order chi connectivity index (χ1) is 21.1. The predicted molar refractivity (Wildman–Crippen MR) is 194 cm³/mol. The van der Waals surface area contributed by atoms with Crippen molar-refractivity contribution in [2.24, 2.45) is 4.99 Å². The summed E-state index contributed by atoms with van der Waals surface area (Å²) in [7, 11) is 0. The van der Waals surface area contributed by atoms with Gasteiger partial charge in [-0.3, -0.25) is 28.8 Å². The third kappa shape index (κ3) is 12.9. The van der Waals surface area contributed by atoms with E-state index < -0.39 is 47.9 Å². The molecule has 0 saturated carbocycles. The average Bonchev–Trinajstić information content (AvgIpc) is 3.41. The lowest BCUT2D eigenvalue weighted by molar-refractivity contribution is -0.155. The van der Waals surface area contributed by atoms with Crippen LogP contribution in [0.5, 0.6) is 0 Å². The maximum absolute atomic E-state index is 13.6. The molecule has 3 atom stereocenters. The molecule has 0 radical (unpaired) electrons. The molecule has 248 valence electrons. The summed E-state index contributed by atoms with van der Waals surface area (Å²) in [6, 6.07) is 0. The zero-order valence-corrected chi connectivity index (χ0v) is 33.3. The highest BCUT2D eigenvalue weighted by Crippen LogP contribution is 2.38. The van der Waals surface area contributed by atoms with Crippen molar-refractivity contribution in [2.45, 2.75) is 58.8 Å². The van der Waals surface area contributed by atoms with Gasteiger partial charge in [-0.15, -0.1) is 0 Å². The van der Waals surface area contributed by atoms with Gasteiger partial charge in [0.05, 0.1) is 37.0 Å². The summed E-state index contributed by atoms with van der Waals surface area (Å²) in [5.74, 6) is -3.14. The molecule has 2 rings (SSSR count). The molecule has 0 bridgehead atoms. The van der Waals surface area contributed by atoms with Gasteiger partial charge in [0, 0.05) is 42.1 Å². The topological polar surface area (TPSA) is 185 Å². The Morgan fingerprint density at radius 1 is 0.778 bits per heavy atom. The predicted octanol–water partition coefficient (Wildman–Crippen LogP) is 3.59. The Balaban J connectivity index is 2.50. The Hall–Kier alpha value is -1.57. The Labute approximate surface area is 314 Å². The van der Waals surface area contributed by atoms with Gasteiger partial charge < -0.3 is 34.3 Å². The van der Waals surface area contributed by atoms with Crippen molar-refractivity contribution in [1.82, 2.24) is 10.6 Å². The number of amides is 2. The van der Waals surface area contributed by atoms with Crippen LogP contribution in [0.3, 0.4) is 0 Å². The number of halogens is 4. The fourth-order valence-electron chi connectivity index (χ4n) is 3.81.